The van der Waals surface area contributed by atoms with Crippen LogP contribution in [0.25, 0.3) is 0 Å². The van der Waals surface area contributed by atoms with Crippen LogP contribution in [0.2, 0.25) is 0 Å². The van der Waals surface area contributed by atoms with Crippen molar-refractivity contribution in [2.75, 3.05) is 12.0 Å². The Bertz CT molecular complexity index is 251. The molecule has 0 saturated heterocycles. The van der Waals surface area contributed by atoms with Crippen LogP contribution in [0.4, 0.5) is 0 Å². The van der Waals surface area contributed by atoms with E-state index >= 15 is 0 Å². The molecule has 5 heteroatoms. The Morgan fingerprint density at radius 3 is 3.08 bits per heavy atom. The average Bonchev–Trinajstić information content (AvgIpc) is 2.61. The summed E-state index contributed by atoms with van der Waals surface area (Å²) >= 11 is 1.82. The van der Waals surface area contributed by atoms with Crippen LogP contribution in [-0.4, -0.2) is 31.9 Å². The largest absolute Gasteiger partial charge is 0.388 e. The Balaban J connectivity index is 2.59. The third kappa shape index (κ3) is 2.70. The van der Waals surface area contributed by atoms with E-state index in [1.165, 1.54) is 0 Å². The second-order valence-electron chi connectivity index (χ2n) is 2.94. The van der Waals surface area contributed by atoms with Crippen molar-refractivity contribution >= 4 is 11.8 Å². The Hall–Kier alpha value is -0.550. The van der Waals surface area contributed by atoms with Crippen molar-refractivity contribution in [3.05, 3.63) is 12.2 Å². The van der Waals surface area contributed by atoms with Gasteiger partial charge in [-0.15, -0.1) is 10.2 Å². The molecule has 1 aromatic rings. The molecule has 74 valence electrons. The summed E-state index contributed by atoms with van der Waals surface area (Å²) in [5.74, 6) is 1.76. The van der Waals surface area contributed by atoms with Crippen molar-refractivity contribution in [2.24, 2.45) is 0 Å². The smallest absolute Gasteiger partial charge is 0.158 e. The van der Waals surface area contributed by atoms with Crippen molar-refractivity contribution in [3.63, 3.8) is 0 Å². The van der Waals surface area contributed by atoms with Gasteiger partial charge in [0.15, 0.2) is 5.82 Å². The molecule has 0 aliphatic carbocycles. The summed E-state index contributed by atoms with van der Waals surface area (Å²) in [6.45, 7) is 2.07. The number of rotatable bonds is 5. The highest BCUT2D eigenvalue weighted by Crippen LogP contribution is 2.14. The molecule has 13 heavy (non-hydrogen) atoms. The summed E-state index contributed by atoms with van der Waals surface area (Å²) in [6.07, 6.45) is 4.84. The Labute approximate surface area is 82.4 Å². The molecule has 0 fully saturated rings. The number of hydrogen-bond acceptors (Lipinski definition) is 4. The number of thioether (sulfide) groups is 1. The summed E-state index contributed by atoms with van der Waals surface area (Å²) < 4.78 is 1.93. The zero-order valence-corrected chi connectivity index (χ0v) is 8.79. The molecule has 0 amide bonds. The number of nitrogens with zero attached hydrogens (tertiary/aromatic N) is 3. The maximum absolute atomic E-state index is 8.95. The molecule has 0 aliphatic rings. The maximum atomic E-state index is 8.95. The zero-order chi connectivity index (χ0) is 9.68. The monoisotopic (exact) mass is 201 g/mol. The standard InChI is InChI=1S/C8H15N3OS/c1-7(3-4-13-2)11-6-9-10-8(11)5-12/h6-7,12H,3-5H2,1-2H3. The second kappa shape index (κ2) is 5.24. The van der Waals surface area contributed by atoms with E-state index in [1.807, 2.05) is 16.3 Å². The first-order valence-corrected chi connectivity index (χ1v) is 5.67. The van der Waals surface area contributed by atoms with Crippen molar-refractivity contribution in [2.45, 2.75) is 26.0 Å². The normalized spacial score (nSPS) is 13.2. The first-order valence-electron chi connectivity index (χ1n) is 4.27. The van der Waals surface area contributed by atoms with E-state index < -0.39 is 0 Å². The molecular weight excluding hydrogens is 186 g/mol. The van der Waals surface area contributed by atoms with Crippen LogP contribution in [0, 0.1) is 0 Å². The molecule has 4 nitrogen and oxygen atoms in total. The predicted octanol–water partition coefficient (Wildman–Crippen LogP) is 1.08. The Morgan fingerprint density at radius 1 is 1.69 bits per heavy atom. The van der Waals surface area contributed by atoms with Crippen molar-refractivity contribution in [1.82, 2.24) is 14.8 Å². The summed E-state index contributed by atoms with van der Waals surface area (Å²) in [5, 5.41) is 16.5. The van der Waals surface area contributed by atoms with Gasteiger partial charge >= 0.3 is 0 Å². The summed E-state index contributed by atoms with van der Waals surface area (Å²) in [7, 11) is 0. The predicted molar refractivity (Wildman–Crippen MR) is 53.7 cm³/mol. The SMILES string of the molecule is CSCCC(C)n1cnnc1CO. The topological polar surface area (TPSA) is 50.9 Å². The molecule has 1 rings (SSSR count). The lowest BCUT2D eigenvalue weighted by Crippen LogP contribution is -2.09. The van der Waals surface area contributed by atoms with E-state index in [0.717, 1.165) is 12.2 Å². The molecule has 1 atom stereocenters. The molecule has 0 aromatic carbocycles. The number of hydrogen-bond donors (Lipinski definition) is 1. The van der Waals surface area contributed by atoms with Gasteiger partial charge in [-0.3, -0.25) is 0 Å². The van der Waals surface area contributed by atoms with Gasteiger partial charge in [0.1, 0.15) is 12.9 Å². The van der Waals surface area contributed by atoms with Crippen molar-refractivity contribution in [3.8, 4) is 0 Å². The first kappa shape index (κ1) is 10.5. The van der Waals surface area contributed by atoms with Gasteiger partial charge in [0, 0.05) is 6.04 Å². The number of aliphatic hydroxyl groups excluding tert-OH is 1. The van der Waals surface area contributed by atoms with Gasteiger partial charge in [0.05, 0.1) is 0 Å². The fourth-order valence-electron chi connectivity index (χ4n) is 1.18. The summed E-state index contributed by atoms with van der Waals surface area (Å²) in [5.41, 5.74) is 0. The lowest BCUT2D eigenvalue weighted by molar-refractivity contribution is 0.260. The maximum Gasteiger partial charge on any atom is 0.158 e. The molecule has 0 saturated carbocycles. The van der Waals surface area contributed by atoms with Crippen LogP contribution >= 0.6 is 11.8 Å². The zero-order valence-electron chi connectivity index (χ0n) is 7.97. The van der Waals surface area contributed by atoms with Crippen LogP contribution in [0.1, 0.15) is 25.2 Å². The lowest BCUT2D eigenvalue weighted by atomic mass is 10.2. The van der Waals surface area contributed by atoms with Gasteiger partial charge in [0.2, 0.25) is 0 Å². The van der Waals surface area contributed by atoms with Gasteiger partial charge < -0.3 is 9.67 Å². The molecule has 0 aliphatic heterocycles. The average molecular weight is 201 g/mol. The van der Waals surface area contributed by atoms with Gasteiger partial charge in [-0.25, -0.2) is 0 Å². The molecule has 1 unspecified atom stereocenters. The van der Waals surface area contributed by atoms with Crippen LogP contribution in [-0.2, 0) is 6.61 Å². The molecule has 1 N–H and O–H groups in total. The van der Waals surface area contributed by atoms with Gasteiger partial charge in [-0.1, -0.05) is 0 Å². The van der Waals surface area contributed by atoms with E-state index in [9.17, 15) is 0 Å². The van der Waals surface area contributed by atoms with Crippen LogP contribution in [0.5, 0.6) is 0 Å². The summed E-state index contributed by atoms with van der Waals surface area (Å²) in [4.78, 5) is 0. The Kier molecular flexibility index (Phi) is 4.24. The fraction of sp³-hybridized carbons (Fsp3) is 0.750. The van der Waals surface area contributed by atoms with Gasteiger partial charge in [0.25, 0.3) is 0 Å². The van der Waals surface area contributed by atoms with Crippen molar-refractivity contribution < 1.29 is 5.11 Å². The molecule has 1 heterocycles. The first-order chi connectivity index (χ1) is 6.29. The number of aromatic nitrogens is 3. The van der Waals surface area contributed by atoms with E-state index in [4.69, 9.17) is 5.11 Å². The molecule has 1 aromatic heterocycles. The highest BCUT2D eigenvalue weighted by molar-refractivity contribution is 7.98. The Morgan fingerprint density at radius 2 is 2.46 bits per heavy atom. The lowest BCUT2D eigenvalue weighted by Gasteiger charge is -2.13. The van der Waals surface area contributed by atoms with Gasteiger partial charge in [-0.05, 0) is 25.4 Å². The minimum absolute atomic E-state index is 0.0381. The minimum atomic E-state index is -0.0381. The molecular formula is C8H15N3OS. The van der Waals surface area contributed by atoms with Crippen molar-refractivity contribution in [1.29, 1.82) is 0 Å². The second-order valence-corrected chi connectivity index (χ2v) is 3.93. The number of aliphatic hydroxyl groups is 1. The van der Waals surface area contributed by atoms with Gasteiger partial charge in [-0.2, -0.15) is 11.8 Å². The van der Waals surface area contributed by atoms with Crippen LogP contribution < -0.4 is 0 Å². The fourth-order valence-corrected chi connectivity index (χ4v) is 1.75. The molecule has 0 bridgehead atoms. The molecule has 0 radical (unpaired) electrons. The third-order valence-corrected chi connectivity index (χ3v) is 2.65. The highest BCUT2D eigenvalue weighted by atomic mass is 32.2. The van der Waals surface area contributed by atoms with E-state index in [2.05, 4.69) is 23.4 Å². The van der Waals surface area contributed by atoms with E-state index in [0.29, 0.717) is 11.9 Å². The quantitative estimate of drug-likeness (QED) is 0.774. The van der Waals surface area contributed by atoms with E-state index in [1.54, 1.807) is 6.33 Å². The van der Waals surface area contributed by atoms with E-state index in [-0.39, 0.29) is 6.61 Å². The molecule has 0 spiro atoms. The third-order valence-electron chi connectivity index (χ3n) is 2.00. The van der Waals surface area contributed by atoms with Crippen LogP contribution in [0.3, 0.4) is 0 Å². The highest BCUT2D eigenvalue weighted by Gasteiger charge is 2.09. The summed E-state index contributed by atoms with van der Waals surface area (Å²) in [6, 6.07) is 0.365. The van der Waals surface area contributed by atoms with Crippen LogP contribution in [0.15, 0.2) is 6.33 Å². The minimum Gasteiger partial charge on any atom is -0.388 e.